The summed E-state index contributed by atoms with van der Waals surface area (Å²) < 4.78 is 6.95. The van der Waals surface area contributed by atoms with Crippen molar-refractivity contribution in [2.75, 3.05) is 11.9 Å². The molecule has 1 saturated carbocycles. The SMILES string of the molecule is Cn1nc(C(=O)O)cc1NC(=O)[C@@H]1CCC[C@@H]1NC(=O)OCC1c2ccccc2-c2ccccc21. The Bertz CT molecular complexity index is 1250. The van der Waals surface area contributed by atoms with Gasteiger partial charge in [-0.25, -0.2) is 9.59 Å². The molecular formula is C26H26N4O5. The van der Waals surface area contributed by atoms with Crippen molar-refractivity contribution in [2.45, 2.75) is 31.2 Å². The van der Waals surface area contributed by atoms with Gasteiger partial charge in [0, 0.05) is 25.1 Å². The van der Waals surface area contributed by atoms with Gasteiger partial charge in [-0.05, 0) is 35.1 Å². The van der Waals surface area contributed by atoms with E-state index in [1.165, 1.54) is 10.7 Å². The van der Waals surface area contributed by atoms with Crippen molar-refractivity contribution in [3.05, 3.63) is 71.4 Å². The molecule has 9 heteroatoms. The number of anilines is 1. The molecule has 180 valence electrons. The standard InChI is InChI=1S/C26H26N4O5/c1-30-23(13-22(29-30)25(32)33)28-24(31)19-11-6-12-21(19)27-26(34)35-14-20-17-9-4-2-7-15(17)16-8-3-5-10-18(16)20/h2-5,7-10,13,19-21H,6,11-12,14H2,1H3,(H,27,34)(H,28,31)(H,32,33)/t19-,21+/m1/s1. The van der Waals surface area contributed by atoms with E-state index in [4.69, 9.17) is 9.84 Å². The second-order valence-corrected chi connectivity index (χ2v) is 8.95. The normalized spacial score (nSPS) is 18.5. The number of fused-ring (bicyclic) bond motifs is 3. The van der Waals surface area contributed by atoms with Gasteiger partial charge in [0.1, 0.15) is 12.4 Å². The van der Waals surface area contributed by atoms with Crippen LogP contribution in [0.5, 0.6) is 0 Å². The van der Waals surface area contributed by atoms with Gasteiger partial charge in [0.2, 0.25) is 5.91 Å². The fraction of sp³-hybridized carbons (Fsp3) is 0.308. The largest absolute Gasteiger partial charge is 0.476 e. The molecule has 2 aliphatic carbocycles. The van der Waals surface area contributed by atoms with Crippen LogP contribution in [0.4, 0.5) is 10.6 Å². The number of alkyl carbamates (subject to hydrolysis) is 1. The Hall–Kier alpha value is -4.14. The number of hydrogen-bond donors (Lipinski definition) is 3. The van der Waals surface area contributed by atoms with Crippen molar-refractivity contribution < 1.29 is 24.2 Å². The predicted molar refractivity (Wildman–Crippen MR) is 128 cm³/mol. The number of carbonyl (C=O) groups is 3. The summed E-state index contributed by atoms with van der Waals surface area (Å²) in [6, 6.07) is 17.2. The smallest absolute Gasteiger partial charge is 0.407 e. The van der Waals surface area contributed by atoms with E-state index < -0.39 is 18.0 Å². The number of nitrogens with one attached hydrogen (secondary N) is 2. The van der Waals surface area contributed by atoms with Gasteiger partial charge >= 0.3 is 12.1 Å². The van der Waals surface area contributed by atoms with Gasteiger partial charge in [-0.3, -0.25) is 9.48 Å². The number of hydrogen-bond acceptors (Lipinski definition) is 5. The summed E-state index contributed by atoms with van der Waals surface area (Å²) in [5.74, 6) is -1.65. The third-order valence-electron chi connectivity index (χ3n) is 6.85. The first kappa shape index (κ1) is 22.6. The zero-order valence-corrected chi connectivity index (χ0v) is 19.2. The number of carboxylic acids is 1. The van der Waals surface area contributed by atoms with E-state index in [1.807, 2.05) is 24.3 Å². The highest BCUT2D eigenvalue weighted by Crippen LogP contribution is 2.44. The van der Waals surface area contributed by atoms with Gasteiger partial charge < -0.3 is 20.5 Å². The van der Waals surface area contributed by atoms with Gasteiger partial charge in [-0.1, -0.05) is 55.0 Å². The minimum atomic E-state index is -1.17. The first-order valence-corrected chi connectivity index (χ1v) is 11.6. The fourth-order valence-corrected chi connectivity index (χ4v) is 5.15. The highest BCUT2D eigenvalue weighted by Gasteiger charge is 2.35. The molecule has 0 radical (unpaired) electrons. The average molecular weight is 475 g/mol. The molecule has 1 fully saturated rings. The Morgan fingerprint density at radius 3 is 2.34 bits per heavy atom. The number of aryl methyl sites for hydroxylation is 1. The van der Waals surface area contributed by atoms with Crippen LogP contribution in [0.2, 0.25) is 0 Å². The summed E-state index contributed by atoms with van der Waals surface area (Å²) in [5.41, 5.74) is 4.44. The first-order valence-electron chi connectivity index (χ1n) is 11.6. The Labute approximate surface area is 202 Å². The zero-order chi connectivity index (χ0) is 24.5. The summed E-state index contributed by atoms with van der Waals surface area (Å²) in [4.78, 5) is 36.7. The molecule has 0 saturated heterocycles. The summed E-state index contributed by atoms with van der Waals surface area (Å²) in [5, 5.41) is 18.6. The Kier molecular flexibility index (Phi) is 5.98. The first-order chi connectivity index (χ1) is 16.9. The number of rotatable bonds is 6. The molecule has 0 bridgehead atoms. The molecule has 0 unspecified atom stereocenters. The molecule has 0 aliphatic heterocycles. The molecule has 35 heavy (non-hydrogen) atoms. The minimum absolute atomic E-state index is 0.0379. The molecule has 2 aliphatic rings. The van der Waals surface area contributed by atoms with E-state index >= 15 is 0 Å². The lowest BCUT2D eigenvalue weighted by Crippen LogP contribution is -2.42. The number of aromatic nitrogens is 2. The summed E-state index contributed by atoms with van der Waals surface area (Å²) in [6.07, 6.45) is 1.51. The van der Waals surface area contributed by atoms with Gasteiger partial charge in [-0.15, -0.1) is 0 Å². The summed E-state index contributed by atoms with van der Waals surface area (Å²) in [6.45, 7) is 0.205. The zero-order valence-electron chi connectivity index (χ0n) is 19.2. The van der Waals surface area contributed by atoms with Crippen LogP contribution in [0, 0.1) is 5.92 Å². The van der Waals surface area contributed by atoms with Crippen molar-refractivity contribution >= 4 is 23.8 Å². The lowest BCUT2D eigenvalue weighted by Gasteiger charge is -2.21. The van der Waals surface area contributed by atoms with Crippen molar-refractivity contribution in [3.63, 3.8) is 0 Å². The van der Waals surface area contributed by atoms with Gasteiger partial charge in [0.05, 0.1) is 5.92 Å². The molecular weight excluding hydrogens is 448 g/mol. The highest BCUT2D eigenvalue weighted by atomic mass is 16.5. The second kappa shape index (κ2) is 9.25. The number of carboxylic acid groups (broad SMARTS) is 1. The van der Waals surface area contributed by atoms with Crippen LogP contribution in [0.25, 0.3) is 11.1 Å². The van der Waals surface area contributed by atoms with Crippen LogP contribution in [0.1, 0.15) is 46.8 Å². The Morgan fingerprint density at radius 1 is 1.06 bits per heavy atom. The lowest BCUT2D eigenvalue weighted by molar-refractivity contribution is -0.120. The molecule has 5 rings (SSSR count). The van der Waals surface area contributed by atoms with Crippen LogP contribution in [0.15, 0.2) is 54.6 Å². The van der Waals surface area contributed by atoms with Crippen LogP contribution in [0.3, 0.4) is 0 Å². The quantitative estimate of drug-likeness (QED) is 0.500. The van der Waals surface area contributed by atoms with Crippen molar-refractivity contribution in [1.82, 2.24) is 15.1 Å². The molecule has 0 spiro atoms. The maximum Gasteiger partial charge on any atom is 0.407 e. The molecule has 1 aromatic heterocycles. The Morgan fingerprint density at radius 2 is 1.71 bits per heavy atom. The van der Waals surface area contributed by atoms with E-state index in [0.717, 1.165) is 28.7 Å². The topological polar surface area (TPSA) is 123 Å². The van der Waals surface area contributed by atoms with Crippen molar-refractivity contribution in [1.29, 1.82) is 0 Å². The molecule has 2 amide bonds. The number of carbonyl (C=O) groups excluding carboxylic acids is 2. The molecule has 3 N–H and O–H groups in total. The van der Waals surface area contributed by atoms with E-state index in [1.54, 1.807) is 7.05 Å². The van der Waals surface area contributed by atoms with Crippen LogP contribution >= 0.6 is 0 Å². The maximum atomic E-state index is 12.9. The number of ether oxygens (including phenoxy) is 1. The minimum Gasteiger partial charge on any atom is -0.476 e. The van der Waals surface area contributed by atoms with Crippen LogP contribution in [-0.2, 0) is 16.6 Å². The van der Waals surface area contributed by atoms with E-state index in [2.05, 4.69) is 40.0 Å². The van der Waals surface area contributed by atoms with Gasteiger partial charge in [-0.2, -0.15) is 5.10 Å². The number of nitrogens with zero attached hydrogens (tertiary/aromatic N) is 2. The molecule has 1 heterocycles. The predicted octanol–water partition coefficient (Wildman–Crippen LogP) is 3.76. The van der Waals surface area contributed by atoms with Crippen LogP contribution < -0.4 is 10.6 Å². The molecule has 3 aromatic rings. The average Bonchev–Trinajstić information content (AvgIpc) is 3.54. The molecule has 2 aromatic carbocycles. The third-order valence-corrected chi connectivity index (χ3v) is 6.85. The number of amides is 2. The molecule has 9 nitrogen and oxygen atoms in total. The van der Waals surface area contributed by atoms with E-state index in [-0.39, 0.29) is 30.2 Å². The Balaban J connectivity index is 1.21. The summed E-state index contributed by atoms with van der Waals surface area (Å²) in [7, 11) is 1.56. The molecule has 2 atom stereocenters. The van der Waals surface area contributed by atoms with Crippen molar-refractivity contribution in [2.24, 2.45) is 13.0 Å². The highest BCUT2D eigenvalue weighted by molar-refractivity contribution is 5.94. The van der Waals surface area contributed by atoms with Gasteiger partial charge in [0.25, 0.3) is 0 Å². The monoisotopic (exact) mass is 474 g/mol. The maximum absolute atomic E-state index is 12.9. The second-order valence-electron chi connectivity index (χ2n) is 8.95. The van der Waals surface area contributed by atoms with Crippen LogP contribution in [-0.4, -0.2) is 45.5 Å². The van der Waals surface area contributed by atoms with E-state index in [0.29, 0.717) is 18.7 Å². The third kappa shape index (κ3) is 4.37. The fourth-order valence-electron chi connectivity index (χ4n) is 5.15. The summed E-state index contributed by atoms with van der Waals surface area (Å²) >= 11 is 0. The lowest BCUT2D eigenvalue weighted by atomic mass is 9.98. The van der Waals surface area contributed by atoms with Gasteiger partial charge in [0.15, 0.2) is 5.69 Å². The van der Waals surface area contributed by atoms with Crippen molar-refractivity contribution in [3.8, 4) is 11.1 Å². The number of benzene rings is 2. The number of aromatic carboxylic acids is 1. The van der Waals surface area contributed by atoms with E-state index in [9.17, 15) is 14.4 Å².